The second-order valence-electron chi connectivity index (χ2n) is 30.9. The molecule has 10 heterocycles. The molecule has 5 aliphatic rings. The molecule has 0 fully saturated rings. The van der Waals surface area contributed by atoms with Crippen molar-refractivity contribution in [2.24, 2.45) is 0 Å². The Balaban J connectivity index is 0.000000156. The lowest BCUT2D eigenvalue weighted by molar-refractivity contribution is -0.275. The summed E-state index contributed by atoms with van der Waals surface area (Å²) in [5.74, 6) is -3.21. The standard InChI is InChI=1S/C25H25F3N4O4.C24H23F3N4O4.C16H16F3N3O3.C15H14F3N3O3.C8H8F3N3O2/c1-15(18-6-8-19(9-7-18)24(34)35-3)29-22(33)21-16(2)30-32-13-12-31(23(21)32)14-17-4-10-20(11-5-17)36-25(26,27)28;1-14(17-5-7-18(8-6-17)23(33)34)28-21(32)20-15(2)29-31-12-11-30(22(20)31)13-16-3-9-19(10-4-16)35-24(25,26)27;1-10-13(15(23)24-2)14-21(7-8-22(14)20-10)9-11-3-5-12(6-4-11)25-16(17,18)19;1-9-12(14(22)23)13-20(6-7-21(13)19-9)8-10-2-4-11(5-3-10)24-15(16,17)18;1-16-7(15)4-5(8(9,10)11)13-14-3-2-12-6(4)14/h4-11,15H,12-14H2,1-3H3,(H,29,33);3-10,14H,11-13H2,1-2H3,(H,28,32)(H,33,34);3-6H,7-9H2,1-2H3;2-5H,6-8H2,1H3,(H,22,23);12H,2-3H2,1H3/t15-;14-;;;/m00.../s1. The summed E-state index contributed by atoms with van der Waals surface area (Å²) in [5, 5.41) is 47.9. The first-order valence-corrected chi connectivity index (χ1v) is 41.2. The Morgan fingerprint density at radius 1 is 0.353 bits per heavy atom. The highest BCUT2D eigenvalue weighted by molar-refractivity contribution is 6.02. The summed E-state index contributed by atoms with van der Waals surface area (Å²) in [4.78, 5) is 91.6. The molecule has 2 amide bonds. The number of hydrogen-bond acceptors (Lipinski definition) is 24. The second kappa shape index (κ2) is 41.1. The molecule has 136 heavy (non-hydrogen) atoms. The van der Waals surface area contributed by atoms with Gasteiger partial charge in [0.15, 0.2) is 5.69 Å². The number of aromatic nitrogens is 10. The van der Waals surface area contributed by atoms with Crippen molar-refractivity contribution in [3.63, 3.8) is 0 Å². The fourth-order valence-electron chi connectivity index (χ4n) is 15.5. The van der Waals surface area contributed by atoms with E-state index in [0.717, 1.165) is 45.2 Å². The van der Waals surface area contributed by atoms with Gasteiger partial charge in [-0.3, -0.25) is 9.59 Å². The number of fused-ring (bicyclic) bond motifs is 5. The summed E-state index contributed by atoms with van der Waals surface area (Å²) in [5.41, 5.74) is 7.05. The van der Waals surface area contributed by atoms with Gasteiger partial charge in [0.25, 0.3) is 11.8 Å². The fraction of sp³-hybridized carbons (Fsp3) is 0.341. The summed E-state index contributed by atoms with van der Waals surface area (Å²) in [6.45, 7) is 17.6. The van der Waals surface area contributed by atoms with Crippen LogP contribution in [0.4, 0.5) is 94.9 Å². The molecule has 0 saturated carbocycles. The number of rotatable bonds is 23. The van der Waals surface area contributed by atoms with Gasteiger partial charge < -0.3 is 78.9 Å². The van der Waals surface area contributed by atoms with Crippen LogP contribution < -0.4 is 54.5 Å². The van der Waals surface area contributed by atoms with Crippen LogP contribution in [0.2, 0.25) is 0 Å². The van der Waals surface area contributed by atoms with Gasteiger partial charge in [-0.1, -0.05) is 72.8 Å². The Bertz CT molecular complexity index is 6160. The number of methoxy groups -OCH3 is 3. The molecule has 11 aromatic rings. The molecule has 5 aliphatic heterocycles. The number of esters is 3. The molecular weight excluding hydrogens is 1840 g/mol. The number of carboxylic acid groups (broad SMARTS) is 2. The minimum absolute atomic E-state index is 0.0687. The van der Waals surface area contributed by atoms with Crippen LogP contribution in [0.15, 0.2) is 146 Å². The predicted molar refractivity (Wildman–Crippen MR) is 453 cm³/mol. The number of carbonyl (C=O) groups is 7. The van der Waals surface area contributed by atoms with E-state index in [1.54, 1.807) is 126 Å². The van der Waals surface area contributed by atoms with E-state index in [9.17, 15) is 105 Å². The number of anilines is 5. The maximum absolute atomic E-state index is 13.3. The Morgan fingerprint density at radius 3 is 0.934 bits per heavy atom. The lowest BCUT2D eigenvalue weighted by atomic mass is 10.1. The van der Waals surface area contributed by atoms with E-state index < -0.39 is 72.7 Å². The van der Waals surface area contributed by atoms with Crippen LogP contribution >= 0.6 is 0 Å². The molecule has 48 heteroatoms. The van der Waals surface area contributed by atoms with Gasteiger partial charge in [0, 0.05) is 58.9 Å². The van der Waals surface area contributed by atoms with Crippen LogP contribution in [-0.4, -0.2) is 180 Å². The van der Waals surface area contributed by atoms with E-state index in [0.29, 0.717) is 160 Å². The number of carboxylic acids is 2. The summed E-state index contributed by atoms with van der Waals surface area (Å²) < 4.78 is 223. The zero-order chi connectivity index (χ0) is 99.0. The smallest absolute Gasteiger partial charge is 0.478 e. The first kappa shape index (κ1) is 99.8. The maximum atomic E-state index is 13.3. The molecule has 0 spiro atoms. The highest BCUT2D eigenvalue weighted by Gasteiger charge is 2.44. The predicted octanol–water partition coefficient (Wildman–Crippen LogP) is 15.5. The molecule has 0 bridgehead atoms. The number of halogens is 15. The lowest BCUT2D eigenvalue weighted by Crippen LogP contribution is -2.29. The number of benzene rings is 6. The summed E-state index contributed by atoms with van der Waals surface area (Å²) in [7, 11) is 3.65. The third-order valence-electron chi connectivity index (χ3n) is 21.5. The molecular formula is C88H86F15N17O16. The topological polar surface area (TPSA) is 363 Å². The molecule has 5 N–H and O–H groups in total. The van der Waals surface area contributed by atoms with Crippen LogP contribution in [-0.2, 0) is 79.3 Å². The Hall–Kier alpha value is -15.2. The number of nitrogens with zero attached hydrogens (tertiary/aromatic N) is 14. The van der Waals surface area contributed by atoms with Gasteiger partial charge in [-0.2, -0.15) is 38.7 Å². The van der Waals surface area contributed by atoms with Crippen LogP contribution in [0.5, 0.6) is 23.0 Å². The van der Waals surface area contributed by atoms with Crippen molar-refractivity contribution in [3.05, 3.63) is 246 Å². The molecule has 0 aliphatic carbocycles. The molecule has 724 valence electrons. The van der Waals surface area contributed by atoms with E-state index in [-0.39, 0.29) is 63.8 Å². The molecule has 0 radical (unpaired) electrons. The van der Waals surface area contributed by atoms with Crippen LogP contribution in [0.25, 0.3) is 0 Å². The van der Waals surface area contributed by atoms with Crippen LogP contribution in [0, 0.1) is 27.7 Å². The number of alkyl halides is 15. The molecule has 16 rings (SSSR count). The average molecular weight is 1920 g/mol. The minimum Gasteiger partial charge on any atom is -0.478 e. The van der Waals surface area contributed by atoms with Crippen molar-refractivity contribution in [3.8, 4) is 23.0 Å². The maximum Gasteiger partial charge on any atom is 0.573 e. The molecule has 2 atom stereocenters. The van der Waals surface area contributed by atoms with Gasteiger partial charge in [0.2, 0.25) is 0 Å². The van der Waals surface area contributed by atoms with Crippen LogP contribution in [0.1, 0.15) is 160 Å². The molecule has 0 unspecified atom stereocenters. The Morgan fingerprint density at radius 2 is 0.640 bits per heavy atom. The lowest BCUT2D eigenvalue weighted by Gasteiger charge is -2.20. The van der Waals surface area contributed by atoms with E-state index >= 15 is 0 Å². The Kier molecular flexibility index (Phi) is 30.2. The highest BCUT2D eigenvalue weighted by atomic mass is 19.4. The molecule has 33 nitrogen and oxygen atoms in total. The number of carbonyl (C=O) groups excluding carboxylic acids is 5. The van der Waals surface area contributed by atoms with Gasteiger partial charge >= 0.3 is 61.5 Å². The first-order chi connectivity index (χ1) is 64.0. The number of aromatic carboxylic acids is 2. The quantitative estimate of drug-likeness (QED) is 0.0226. The van der Waals surface area contributed by atoms with E-state index in [1.807, 2.05) is 26.5 Å². The third-order valence-corrected chi connectivity index (χ3v) is 21.5. The van der Waals surface area contributed by atoms with Crippen molar-refractivity contribution in [1.29, 1.82) is 0 Å². The van der Waals surface area contributed by atoms with Crippen LogP contribution in [0.3, 0.4) is 0 Å². The van der Waals surface area contributed by atoms with Gasteiger partial charge in [-0.05, 0) is 148 Å². The first-order valence-electron chi connectivity index (χ1n) is 41.2. The second-order valence-corrected chi connectivity index (χ2v) is 30.9. The van der Waals surface area contributed by atoms with E-state index in [4.69, 9.17) is 14.6 Å². The van der Waals surface area contributed by atoms with Gasteiger partial charge in [0.1, 0.15) is 79.9 Å². The molecule has 5 aromatic heterocycles. The zero-order valence-electron chi connectivity index (χ0n) is 73.5. The largest absolute Gasteiger partial charge is 0.573 e. The van der Waals surface area contributed by atoms with Crippen molar-refractivity contribution >= 4 is 70.8 Å². The van der Waals surface area contributed by atoms with Gasteiger partial charge in [-0.15, -0.1) is 52.7 Å². The summed E-state index contributed by atoms with van der Waals surface area (Å²) in [6.07, 6.45) is -23.6. The molecule has 0 saturated heterocycles. The minimum atomic E-state index is -4.75. The van der Waals surface area contributed by atoms with E-state index in [2.05, 4.69) is 65.1 Å². The number of aryl methyl sites for hydroxylation is 4. The number of hydrogen-bond donors (Lipinski definition) is 5. The van der Waals surface area contributed by atoms with Gasteiger partial charge in [-0.25, -0.2) is 47.4 Å². The van der Waals surface area contributed by atoms with Crippen molar-refractivity contribution in [2.75, 3.05) is 79.0 Å². The van der Waals surface area contributed by atoms with Crippen molar-refractivity contribution < 1.29 is 143 Å². The van der Waals surface area contributed by atoms with Gasteiger partial charge in [0.05, 0.1) is 100 Å². The number of ether oxygens (including phenoxy) is 7. The normalized spacial score (nSPS) is 13.9. The van der Waals surface area contributed by atoms with Crippen molar-refractivity contribution in [2.45, 2.75) is 144 Å². The summed E-state index contributed by atoms with van der Waals surface area (Å²) in [6, 6.07) is 34.8. The monoisotopic (exact) mass is 1920 g/mol. The number of nitrogens with one attached hydrogen (secondary N) is 3. The molecule has 6 aromatic carbocycles. The Labute approximate surface area is 762 Å². The third kappa shape index (κ3) is 24.6. The number of amides is 2. The average Bonchev–Trinajstić information content (AvgIpc) is 1.63. The summed E-state index contributed by atoms with van der Waals surface area (Å²) >= 11 is 0. The highest BCUT2D eigenvalue weighted by Crippen LogP contribution is 2.40. The fourth-order valence-corrected chi connectivity index (χ4v) is 15.5. The van der Waals surface area contributed by atoms with Crippen molar-refractivity contribution in [1.82, 2.24) is 59.5 Å². The SMILES string of the molecule is COC(=O)c1c(C(F)(F)F)nn2c1NCC2.COC(=O)c1c(C)nn2c1N(Cc1ccc(OC(F)(F)F)cc1)CC2.COC(=O)c1ccc([C@H](C)NC(=O)c2c(C)nn3c2N(Cc2ccc(OC(F)(F)F)cc2)CC3)cc1.Cc1nn2c(c1C(=O)N[C@@H](C)c1ccc(C(=O)O)cc1)N(Cc1ccc(OC(F)(F)F)cc1)CC2.Cc1nn2c(c1C(=O)O)N(Cc1ccc(OC(F)(F)F)cc1)CC2. The zero-order valence-corrected chi connectivity index (χ0v) is 73.5. The van der Waals surface area contributed by atoms with E-state index in [1.165, 1.54) is 87.0 Å².